The molecule has 2 aromatic rings. The van der Waals surface area contributed by atoms with Crippen LogP contribution in [0.1, 0.15) is 11.1 Å². The largest absolute Gasteiger partial charge is 0.497 e. The molecule has 0 saturated carbocycles. The third kappa shape index (κ3) is 5.93. The number of aliphatic imine (C=N–C) groups is 1. The molecule has 3 N–H and O–H groups in total. The Morgan fingerprint density at radius 1 is 1.18 bits per heavy atom. The molecule has 0 unspecified atom stereocenters. The molecular formula is C17H22IN3O. The van der Waals surface area contributed by atoms with Crippen LogP contribution in [0.4, 0.5) is 5.69 Å². The van der Waals surface area contributed by atoms with Crippen molar-refractivity contribution in [2.24, 2.45) is 10.7 Å². The van der Waals surface area contributed by atoms with E-state index in [2.05, 4.69) is 16.4 Å². The minimum Gasteiger partial charge on any atom is -0.497 e. The quantitative estimate of drug-likeness (QED) is 0.449. The number of hydrogen-bond acceptors (Lipinski definition) is 2. The summed E-state index contributed by atoms with van der Waals surface area (Å²) in [4.78, 5) is 4.34. The number of ether oxygens (including phenoxy) is 1. The summed E-state index contributed by atoms with van der Waals surface area (Å²) in [6, 6.07) is 16.0. The Bertz CT molecular complexity index is 629. The fraction of sp³-hybridized carbons (Fsp3) is 0.235. The van der Waals surface area contributed by atoms with Gasteiger partial charge in [-0.15, -0.1) is 24.0 Å². The number of methoxy groups -OCH3 is 1. The van der Waals surface area contributed by atoms with Crippen molar-refractivity contribution in [3.8, 4) is 5.75 Å². The van der Waals surface area contributed by atoms with E-state index in [-0.39, 0.29) is 24.0 Å². The lowest BCUT2D eigenvalue weighted by Gasteiger charge is -2.07. The third-order valence-electron chi connectivity index (χ3n) is 3.11. The lowest BCUT2D eigenvalue weighted by Crippen LogP contribution is -2.23. The SMILES string of the molecule is COc1cccc(CCN=C(N)Nc2cccc(C)c2)c1.I. The van der Waals surface area contributed by atoms with Crippen LogP contribution < -0.4 is 15.8 Å². The minimum atomic E-state index is 0. The lowest BCUT2D eigenvalue weighted by atomic mass is 10.1. The maximum Gasteiger partial charge on any atom is 0.193 e. The number of guanidine groups is 1. The predicted octanol–water partition coefficient (Wildman–Crippen LogP) is 3.59. The molecule has 0 bridgehead atoms. The van der Waals surface area contributed by atoms with E-state index in [9.17, 15) is 0 Å². The number of hydrogen-bond donors (Lipinski definition) is 2. The zero-order chi connectivity index (χ0) is 15.1. The van der Waals surface area contributed by atoms with Crippen LogP contribution in [-0.2, 0) is 6.42 Å². The van der Waals surface area contributed by atoms with Crippen molar-refractivity contribution < 1.29 is 4.74 Å². The van der Waals surface area contributed by atoms with Crippen LogP contribution in [0.25, 0.3) is 0 Å². The summed E-state index contributed by atoms with van der Waals surface area (Å²) in [7, 11) is 1.67. The van der Waals surface area contributed by atoms with E-state index in [1.165, 1.54) is 11.1 Å². The molecule has 0 spiro atoms. The summed E-state index contributed by atoms with van der Waals surface area (Å²) >= 11 is 0. The van der Waals surface area contributed by atoms with Gasteiger partial charge in [-0.25, -0.2) is 0 Å². The van der Waals surface area contributed by atoms with Gasteiger partial charge in [-0.05, 0) is 48.7 Å². The number of benzene rings is 2. The van der Waals surface area contributed by atoms with Crippen LogP contribution in [0.3, 0.4) is 0 Å². The van der Waals surface area contributed by atoms with Gasteiger partial charge >= 0.3 is 0 Å². The first-order chi connectivity index (χ1) is 10.2. The van der Waals surface area contributed by atoms with Crippen molar-refractivity contribution in [3.05, 3.63) is 59.7 Å². The number of anilines is 1. The predicted molar refractivity (Wildman–Crippen MR) is 103 cm³/mol. The summed E-state index contributed by atoms with van der Waals surface area (Å²) in [5, 5.41) is 3.09. The van der Waals surface area contributed by atoms with Gasteiger partial charge in [0.05, 0.1) is 7.11 Å². The fourth-order valence-corrected chi connectivity index (χ4v) is 2.04. The highest BCUT2D eigenvalue weighted by Gasteiger charge is 1.97. The molecule has 0 aliphatic carbocycles. The Kier molecular flexibility index (Phi) is 7.73. The number of nitrogens with one attached hydrogen (secondary N) is 1. The monoisotopic (exact) mass is 411 g/mol. The molecule has 0 aromatic heterocycles. The zero-order valence-corrected chi connectivity index (χ0v) is 15.2. The molecule has 0 heterocycles. The van der Waals surface area contributed by atoms with Gasteiger partial charge in [0.1, 0.15) is 5.75 Å². The molecule has 0 radical (unpaired) electrons. The van der Waals surface area contributed by atoms with Gasteiger partial charge in [-0.3, -0.25) is 4.99 Å². The Hall–Kier alpha value is -1.76. The molecule has 2 rings (SSSR count). The van der Waals surface area contributed by atoms with Crippen LogP contribution >= 0.6 is 24.0 Å². The van der Waals surface area contributed by atoms with E-state index in [4.69, 9.17) is 10.5 Å². The number of rotatable bonds is 5. The van der Waals surface area contributed by atoms with Crippen LogP contribution in [0.2, 0.25) is 0 Å². The van der Waals surface area contributed by atoms with Gasteiger partial charge in [0.25, 0.3) is 0 Å². The van der Waals surface area contributed by atoms with Crippen LogP contribution in [0, 0.1) is 6.92 Å². The Labute approximate surface area is 148 Å². The second-order valence-corrected chi connectivity index (χ2v) is 4.86. The van der Waals surface area contributed by atoms with Crippen LogP contribution in [0.15, 0.2) is 53.5 Å². The van der Waals surface area contributed by atoms with E-state index >= 15 is 0 Å². The summed E-state index contributed by atoms with van der Waals surface area (Å²) in [5.41, 5.74) is 9.21. The van der Waals surface area contributed by atoms with E-state index in [1.807, 2.05) is 49.4 Å². The Morgan fingerprint density at radius 3 is 2.68 bits per heavy atom. The van der Waals surface area contributed by atoms with Crippen molar-refractivity contribution in [2.45, 2.75) is 13.3 Å². The number of nitrogens with two attached hydrogens (primary N) is 1. The molecule has 2 aromatic carbocycles. The fourth-order valence-electron chi connectivity index (χ4n) is 2.04. The van der Waals surface area contributed by atoms with E-state index in [0.717, 1.165) is 17.9 Å². The van der Waals surface area contributed by atoms with Crippen LogP contribution in [-0.4, -0.2) is 19.6 Å². The highest BCUT2D eigenvalue weighted by atomic mass is 127. The van der Waals surface area contributed by atoms with Crippen molar-refractivity contribution in [1.82, 2.24) is 0 Å². The second-order valence-electron chi connectivity index (χ2n) is 4.86. The molecule has 0 aliphatic rings. The minimum absolute atomic E-state index is 0. The molecule has 118 valence electrons. The number of halogens is 1. The number of nitrogens with zero attached hydrogens (tertiary/aromatic N) is 1. The van der Waals surface area contributed by atoms with Crippen molar-refractivity contribution >= 4 is 35.6 Å². The van der Waals surface area contributed by atoms with Crippen LogP contribution in [0.5, 0.6) is 5.75 Å². The molecule has 4 nitrogen and oxygen atoms in total. The van der Waals surface area contributed by atoms with E-state index < -0.39 is 0 Å². The van der Waals surface area contributed by atoms with E-state index in [1.54, 1.807) is 7.11 Å². The summed E-state index contributed by atoms with van der Waals surface area (Å²) in [6.07, 6.45) is 0.827. The van der Waals surface area contributed by atoms with Gasteiger partial charge in [-0.1, -0.05) is 24.3 Å². The summed E-state index contributed by atoms with van der Waals surface area (Å²) in [6.45, 7) is 2.68. The van der Waals surface area contributed by atoms with Gasteiger partial charge < -0.3 is 15.8 Å². The number of aryl methyl sites for hydroxylation is 1. The first-order valence-corrected chi connectivity index (χ1v) is 6.94. The molecule has 0 fully saturated rings. The topological polar surface area (TPSA) is 59.6 Å². The molecule has 0 aliphatic heterocycles. The lowest BCUT2D eigenvalue weighted by molar-refractivity contribution is 0.414. The smallest absolute Gasteiger partial charge is 0.193 e. The maximum absolute atomic E-state index is 5.89. The average Bonchev–Trinajstić information content (AvgIpc) is 2.47. The summed E-state index contributed by atoms with van der Waals surface area (Å²) < 4.78 is 5.20. The zero-order valence-electron chi connectivity index (χ0n) is 12.9. The third-order valence-corrected chi connectivity index (χ3v) is 3.11. The second kappa shape index (κ2) is 9.30. The molecule has 0 amide bonds. The Balaban J connectivity index is 0.00000242. The Morgan fingerprint density at radius 2 is 1.95 bits per heavy atom. The van der Waals surface area contributed by atoms with Crippen molar-refractivity contribution in [3.63, 3.8) is 0 Å². The highest BCUT2D eigenvalue weighted by molar-refractivity contribution is 14.0. The normalized spacial score (nSPS) is 10.7. The molecule has 5 heteroatoms. The molecule has 0 saturated heterocycles. The molecule has 0 atom stereocenters. The summed E-state index contributed by atoms with van der Waals surface area (Å²) in [5.74, 6) is 1.30. The standard InChI is InChI=1S/C17H21N3O.HI/c1-13-5-3-7-15(11-13)20-17(18)19-10-9-14-6-4-8-16(12-14)21-2;/h3-8,11-12H,9-10H2,1-2H3,(H3,18,19,20);1H. The van der Waals surface area contributed by atoms with Crippen molar-refractivity contribution in [1.29, 1.82) is 0 Å². The van der Waals surface area contributed by atoms with Gasteiger partial charge in [0, 0.05) is 12.2 Å². The highest BCUT2D eigenvalue weighted by Crippen LogP contribution is 2.13. The first kappa shape index (κ1) is 18.3. The maximum atomic E-state index is 5.89. The van der Waals surface area contributed by atoms with Crippen molar-refractivity contribution in [2.75, 3.05) is 19.0 Å². The van der Waals surface area contributed by atoms with Gasteiger partial charge in [0.2, 0.25) is 0 Å². The van der Waals surface area contributed by atoms with E-state index in [0.29, 0.717) is 12.5 Å². The first-order valence-electron chi connectivity index (χ1n) is 6.94. The molecule has 22 heavy (non-hydrogen) atoms. The molecular weight excluding hydrogens is 389 g/mol. The average molecular weight is 411 g/mol. The van der Waals surface area contributed by atoms with Gasteiger partial charge in [0.15, 0.2) is 5.96 Å². The van der Waals surface area contributed by atoms with Gasteiger partial charge in [-0.2, -0.15) is 0 Å².